The molecule has 4 heteroatoms. The molecule has 0 aliphatic heterocycles. The summed E-state index contributed by atoms with van der Waals surface area (Å²) in [5, 5.41) is 11.7. The molecular weight excluding hydrogens is 246 g/mol. The second-order valence-electron chi connectivity index (χ2n) is 4.09. The van der Waals surface area contributed by atoms with Gasteiger partial charge >= 0.3 is 0 Å². The summed E-state index contributed by atoms with van der Waals surface area (Å²) in [4.78, 5) is 0. The quantitative estimate of drug-likeness (QED) is 0.898. The molecule has 0 aromatic heterocycles. The van der Waals surface area contributed by atoms with Crippen molar-refractivity contribution in [2.24, 2.45) is 0 Å². The maximum atomic E-state index is 13.6. The van der Waals surface area contributed by atoms with Crippen molar-refractivity contribution in [3.8, 4) is 6.07 Å². The summed E-state index contributed by atoms with van der Waals surface area (Å²) in [6.45, 7) is 0. The molecular formula is C15H12F2N2. The number of hydrogen-bond acceptors (Lipinski definition) is 2. The molecule has 0 aliphatic rings. The van der Waals surface area contributed by atoms with Gasteiger partial charge in [-0.25, -0.2) is 8.78 Å². The minimum absolute atomic E-state index is 0.0594. The molecule has 2 aromatic rings. The van der Waals surface area contributed by atoms with E-state index in [9.17, 15) is 8.78 Å². The van der Waals surface area contributed by atoms with Gasteiger partial charge in [0.1, 0.15) is 11.6 Å². The van der Waals surface area contributed by atoms with Gasteiger partial charge in [-0.05, 0) is 23.8 Å². The Morgan fingerprint density at radius 3 is 2.53 bits per heavy atom. The molecule has 0 saturated carbocycles. The molecule has 1 N–H and O–H groups in total. The molecule has 2 aromatic carbocycles. The van der Waals surface area contributed by atoms with Crippen molar-refractivity contribution < 1.29 is 8.78 Å². The third-order valence-corrected chi connectivity index (χ3v) is 2.76. The Bertz CT molecular complexity index is 591. The molecule has 0 fully saturated rings. The summed E-state index contributed by atoms with van der Waals surface area (Å²) < 4.78 is 26.7. The van der Waals surface area contributed by atoms with Gasteiger partial charge < -0.3 is 5.32 Å². The van der Waals surface area contributed by atoms with Gasteiger partial charge in [-0.2, -0.15) is 5.26 Å². The topological polar surface area (TPSA) is 35.8 Å². The molecule has 0 heterocycles. The summed E-state index contributed by atoms with van der Waals surface area (Å²) in [6, 6.07) is 14.1. The summed E-state index contributed by atoms with van der Waals surface area (Å²) in [5.74, 6) is -1.06. The lowest BCUT2D eigenvalue weighted by atomic mass is 10.0. The van der Waals surface area contributed by atoms with Crippen LogP contribution in [0.2, 0.25) is 0 Å². The largest absolute Gasteiger partial charge is 0.375 e. The van der Waals surface area contributed by atoms with E-state index in [0.29, 0.717) is 0 Å². The lowest BCUT2D eigenvalue weighted by Crippen LogP contribution is -2.11. The zero-order valence-electron chi connectivity index (χ0n) is 10.1. The minimum atomic E-state index is -0.541. The first-order chi connectivity index (χ1) is 9.20. The van der Waals surface area contributed by atoms with Crippen LogP contribution in [-0.2, 0) is 0 Å². The van der Waals surface area contributed by atoms with E-state index in [0.717, 1.165) is 23.8 Å². The fourth-order valence-electron chi connectivity index (χ4n) is 1.82. The molecule has 19 heavy (non-hydrogen) atoms. The Hall–Kier alpha value is -2.41. The molecule has 0 amide bonds. The van der Waals surface area contributed by atoms with E-state index in [1.807, 2.05) is 36.4 Å². The van der Waals surface area contributed by atoms with Crippen LogP contribution in [0.15, 0.2) is 48.5 Å². The summed E-state index contributed by atoms with van der Waals surface area (Å²) >= 11 is 0. The fourth-order valence-corrected chi connectivity index (χ4v) is 1.82. The smallest absolute Gasteiger partial charge is 0.146 e. The van der Waals surface area contributed by atoms with Gasteiger partial charge in [-0.1, -0.05) is 30.3 Å². The predicted octanol–water partition coefficient (Wildman–Crippen LogP) is 4.03. The molecule has 96 valence electrons. The average Bonchev–Trinajstić information content (AvgIpc) is 2.43. The van der Waals surface area contributed by atoms with Crippen molar-refractivity contribution in [1.29, 1.82) is 5.26 Å². The number of nitrogens with zero attached hydrogens (tertiary/aromatic N) is 1. The minimum Gasteiger partial charge on any atom is -0.375 e. The number of benzene rings is 2. The van der Waals surface area contributed by atoms with Crippen molar-refractivity contribution in [2.45, 2.75) is 12.5 Å². The maximum absolute atomic E-state index is 13.6. The molecule has 0 saturated heterocycles. The van der Waals surface area contributed by atoms with Crippen LogP contribution >= 0.6 is 0 Å². The van der Waals surface area contributed by atoms with E-state index in [1.54, 1.807) is 0 Å². The SMILES string of the molecule is N#CCC(Nc1cc(F)ccc1F)c1ccccc1. The van der Waals surface area contributed by atoms with Crippen LogP contribution in [0.4, 0.5) is 14.5 Å². The van der Waals surface area contributed by atoms with Gasteiger partial charge in [-0.3, -0.25) is 0 Å². The average molecular weight is 258 g/mol. The van der Waals surface area contributed by atoms with E-state index >= 15 is 0 Å². The Kier molecular flexibility index (Phi) is 4.09. The summed E-state index contributed by atoms with van der Waals surface area (Å²) in [5.41, 5.74) is 0.914. The van der Waals surface area contributed by atoms with Gasteiger partial charge in [-0.15, -0.1) is 0 Å². The van der Waals surface area contributed by atoms with E-state index in [-0.39, 0.29) is 18.2 Å². The molecule has 1 unspecified atom stereocenters. The Morgan fingerprint density at radius 1 is 1.11 bits per heavy atom. The zero-order valence-corrected chi connectivity index (χ0v) is 10.1. The number of anilines is 1. The molecule has 1 atom stereocenters. The highest BCUT2D eigenvalue weighted by Crippen LogP contribution is 2.24. The second-order valence-corrected chi connectivity index (χ2v) is 4.09. The van der Waals surface area contributed by atoms with Crippen molar-refractivity contribution >= 4 is 5.69 Å². The van der Waals surface area contributed by atoms with Gasteiger partial charge in [0, 0.05) is 0 Å². The van der Waals surface area contributed by atoms with E-state index in [1.165, 1.54) is 0 Å². The van der Waals surface area contributed by atoms with Gasteiger partial charge in [0.25, 0.3) is 0 Å². The second kappa shape index (κ2) is 5.96. The highest BCUT2D eigenvalue weighted by Gasteiger charge is 2.13. The predicted molar refractivity (Wildman–Crippen MR) is 69.4 cm³/mol. The van der Waals surface area contributed by atoms with Crippen LogP contribution < -0.4 is 5.32 Å². The van der Waals surface area contributed by atoms with E-state index < -0.39 is 11.6 Å². The summed E-state index contributed by atoms with van der Waals surface area (Å²) in [6.07, 6.45) is 0.167. The van der Waals surface area contributed by atoms with Crippen molar-refractivity contribution in [2.75, 3.05) is 5.32 Å². The third-order valence-electron chi connectivity index (χ3n) is 2.76. The van der Waals surface area contributed by atoms with Crippen LogP contribution in [0.1, 0.15) is 18.0 Å². The van der Waals surface area contributed by atoms with Crippen LogP contribution in [0.3, 0.4) is 0 Å². The zero-order chi connectivity index (χ0) is 13.7. The van der Waals surface area contributed by atoms with Gasteiger partial charge in [0.2, 0.25) is 0 Å². The molecule has 2 nitrogen and oxygen atoms in total. The van der Waals surface area contributed by atoms with Crippen LogP contribution in [0.25, 0.3) is 0 Å². The maximum Gasteiger partial charge on any atom is 0.146 e. The van der Waals surface area contributed by atoms with Crippen molar-refractivity contribution in [3.63, 3.8) is 0 Å². The lowest BCUT2D eigenvalue weighted by Gasteiger charge is -2.18. The van der Waals surface area contributed by atoms with Gasteiger partial charge in [0.15, 0.2) is 0 Å². The number of nitrogens with one attached hydrogen (secondary N) is 1. The Labute approximate surface area is 110 Å². The fraction of sp³-hybridized carbons (Fsp3) is 0.133. The molecule has 2 rings (SSSR count). The number of rotatable bonds is 4. The standard InChI is InChI=1S/C15H12F2N2/c16-12-6-7-13(17)15(10-12)19-14(8-9-18)11-4-2-1-3-5-11/h1-7,10,14,19H,8H2. The lowest BCUT2D eigenvalue weighted by molar-refractivity contribution is 0.599. The Balaban J connectivity index is 2.27. The normalized spacial score (nSPS) is 11.6. The summed E-state index contributed by atoms with van der Waals surface area (Å²) in [7, 11) is 0. The van der Waals surface area contributed by atoms with Crippen LogP contribution in [0, 0.1) is 23.0 Å². The first-order valence-corrected chi connectivity index (χ1v) is 5.84. The van der Waals surface area contributed by atoms with E-state index in [4.69, 9.17) is 5.26 Å². The van der Waals surface area contributed by atoms with Crippen molar-refractivity contribution in [1.82, 2.24) is 0 Å². The highest BCUT2D eigenvalue weighted by atomic mass is 19.1. The van der Waals surface area contributed by atoms with Crippen molar-refractivity contribution in [3.05, 3.63) is 65.7 Å². The molecule has 0 bridgehead atoms. The third kappa shape index (κ3) is 3.29. The Morgan fingerprint density at radius 2 is 1.84 bits per heavy atom. The number of nitriles is 1. The number of hydrogen-bond donors (Lipinski definition) is 1. The first kappa shape index (κ1) is 13.0. The van der Waals surface area contributed by atoms with Crippen LogP contribution in [-0.4, -0.2) is 0 Å². The molecule has 0 spiro atoms. The molecule has 0 radical (unpaired) electrons. The van der Waals surface area contributed by atoms with Gasteiger partial charge in [0.05, 0.1) is 24.2 Å². The first-order valence-electron chi connectivity index (χ1n) is 5.84. The molecule has 0 aliphatic carbocycles. The highest BCUT2D eigenvalue weighted by molar-refractivity contribution is 5.47. The van der Waals surface area contributed by atoms with Crippen LogP contribution in [0.5, 0.6) is 0 Å². The van der Waals surface area contributed by atoms with E-state index in [2.05, 4.69) is 5.32 Å². The number of halogens is 2. The monoisotopic (exact) mass is 258 g/mol.